The van der Waals surface area contributed by atoms with E-state index < -0.39 is 18.2 Å². The van der Waals surface area contributed by atoms with Gasteiger partial charge in [0, 0.05) is 18.2 Å². The van der Waals surface area contributed by atoms with E-state index in [0.29, 0.717) is 12.0 Å². The van der Waals surface area contributed by atoms with Crippen LogP contribution in [0.25, 0.3) is 0 Å². The summed E-state index contributed by atoms with van der Waals surface area (Å²) in [5, 5.41) is 13.2. The molecule has 2 amide bonds. The molecule has 1 aromatic rings. The molecule has 0 radical (unpaired) electrons. The number of fused-ring (bicyclic) bond motifs is 2. The van der Waals surface area contributed by atoms with Crippen molar-refractivity contribution < 1.29 is 32.7 Å². The Bertz CT molecular complexity index is 859. The average molecular weight is 484 g/mol. The van der Waals surface area contributed by atoms with Crippen LogP contribution in [0.5, 0.6) is 0 Å². The Kier molecular flexibility index (Phi) is 10.1. The molecule has 2 saturated carbocycles. The number of amides is 2. The minimum absolute atomic E-state index is 0.0627. The number of halogens is 3. The predicted octanol–water partition coefficient (Wildman–Crippen LogP) is 2.95. The zero-order valence-electron chi connectivity index (χ0n) is 19.1. The quantitative estimate of drug-likeness (QED) is 0.424. The summed E-state index contributed by atoms with van der Waals surface area (Å²) in [6.45, 7) is 1.66. The van der Waals surface area contributed by atoms with Crippen LogP contribution in [0.1, 0.15) is 44.6 Å². The summed E-state index contributed by atoms with van der Waals surface area (Å²) < 4.78 is 31.7. The van der Waals surface area contributed by atoms with Crippen molar-refractivity contribution in [2.75, 3.05) is 0 Å². The summed E-state index contributed by atoms with van der Waals surface area (Å²) >= 11 is 0. The lowest BCUT2D eigenvalue weighted by atomic mass is 9.95. The highest BCUT2D eigenvalue weighted by atomic mass is 19.4. The van der Waals surface area contributed by atoms with Gasteiger partial charge in [-0.1, -0.05) is 42.8 Å². The average Bonchev–Trinajstić information content (AvgIpc) is 3.39. The van der Waals surface area contributed by atoms with Crippen LogP contribution in [0.4, 0.5) is 13.2 Å². The molecular weight excluding hydrogens is 451 g/mol. The predicted molar refractivity (Wildman–Crippen MR) is 121 cm³/mol. The zero-order chi connectivity index (χ0) is 25.3. The van der Waals surface area contributed by atoms with Crippen molar-refractivity contribution in [2.24, 2.45) is 17.6 Å². The van der Waals surface area contributed by atoms with Crippen LogP contribution in [0.3, 0.4) is 0 Å². The number of carboxylic acids is 1. The Morgan fingerprint density at radius 2 is 1.82 bits per heavy atom. The van der Waals surface area contributed by atoms with Crippen LogP contribution in [0, 0.1) is 11.8 Å². The van der Waals surface area contributed by atoms with Gasteiger partial charge in [-0.25, -0.2) is 4.79 Å². The molecule has 1 aromatic carbocycles. The molecule has 34 heavy (non-hydrogen) atoms. The van der Waals surface area contributed by atoms with Gasteiger partial charge >= 0.3 is 12.1 Å². The largest absolute Gasteiger partial charge is 0.490 e. The van der Waals surface area contributed by atoms with Crippen LogP contribution >= 0.6 is 0 Å². The Morgan fingerprint density at radius 1 is 1.18 bits per heavy atom. The van der Waals surface area contributed by atoms with Crippen LogP contribution in [0.2, 0.25) is 0 Å². The van der Waals surface area contributed by atoms with Gasteiger partial charge in [0.25, 0.3) is 0 Å². The van der Waals surface area contributed by atoms with Gasteiger partial charge in [-0.2, -0.15) is 13.2 Å². The van der Waals surface area contributed by atoms with Crippen molar-refractivity contribution in [3.8, 4) is 0 Å². The molecule has 5 atom stereocenters. The first-order valence-corrected chi connectivity index (χ1v) is 11.3. The molecule has 3 rings (SSSR count). The normalized spacial score (nSPS) is 23.0. The van der Waals surface area contributed by atoms with Gasteiger partial charge in [-0.15, -0.1) is 0 Å². The van der Waals surface area contributed by atoms with Gasteiger partial charge in [0.05, 0.1) is 6.04 Å². The molecule has 5 N–H and O–H groups in total. The highest BCUT2D eigenvalue weighted by Gasteiger charge is 2.40. The van der Waals surface area contributed by atoms with Crippen molar-refractivity contribution in [1.82, 2.24) is 10.6 Å². The summed E-state index contributed by atoms with van der Waals surface area (Å²) in [5.74, 6) is -1.57. The van der Waals surface area contributed by atoms with Crippen molar-refractivity contribution in [3.05, 3.63) is 48.0 Å². The van der Waals surface area contributed by atoms with Crippen molar-refractivity contribution in [3.63, 3.8) is 0 Å². The molecule has 2 fully saturated rings. The van der Waals surface area contributed by atoms with E-state index in [4.69, 9.17) is 15.6 Å². The standard InChI is InChI=1S/C22H31N3O2.C2HF3O2/c1-15(23)22(27)24-19(10-8-16-5-3-2-4-6-16)11-12-21(26)25-20-14-17-7-9-18(20)13-17;3-2(4,5)1(6)7/h2-6,11-12,15,17-20H,7-10,13-14,23H2,1H3,(H,24,27)(H,25,26);(H,6,7)/t15-,17+,18-,19-,20?;/m0./s1. The van der Waals surface area contributed by atoms with E-state index in [1.807, 2.05) is 18.2 Å². The number of nitrogens with two attached hydrogens (primary N) is 1. The zero-order valence-corrected chi connectivity index (χ0v) is 19.1. The third-order valence-corrected chi connectivity index (χ3v) is 6.12. The maximum atomic E-state index is 12.3. The van der Waals surface area contributed by atoms with E-state index >= 15 is 0 Å². The molecule has 0 spiro atoms. The van der Waals surface area contributed by atoms with Crippen molar-refractivity contribution in [2.45, 2.75) is 69.8 Å². The lowest BCUT2D eigenvalue weighted by Gasteiger charge is -2.22. The SMILES string of the molecule is C[C@H](N)C(=O)N[C@H](C=CC(=O)NC1C[C@@H]2CC[C@H]1C2)CCc1ccccc1.O=C(O)C(F)(F)F. The van der Waals surface area contributed by atoms with E-state index in [9.17, 15) is 22.8 Å². The number of carboxylic acid groups (broad SMARTS) is 1. The fourth-order valence-corrected chi connectivity index (χ4v) is 4.35. The van der Waals surface area contributed by atoms with Crippen molar-refractivity contribution in [1.29, 1.82) is 0 Å². The number of hydrogen-bond donors (Lipinski definition) is 4. The fraction of sp³-hybridized carbons (Fsp3) is 0.542. The number of alkyl halides is 3. The summed E-state index contributed by atoms with van der Waals surface area (Å²) in [7, 11) is 0. The summed E-state index contributed by atoms with van der Waals surface area (Å²) in [6.07, 6.45) is 4.77. The molecule has 188 valence electrons. The van der Waals surface area contributed by atoms with Crippen LogP contribution in [0.15, 0.2) is 42.5 Å². The molecule has 1 unspecified atom stereocenters. The maximum absolute atomic E-state index is 12.3. The number of benzene rings is 1. The first kappa shape index (κ1) is 27.4. The second kappa shape index (κ2) is 12.5. The van der Waals surface area contributed by atoms with Gasteiger partial charge in [-0.3, -0.25) is 9.59 Å². The monoisotopic (exact) mass is 483 g/mol. The molecule has 2 aliphatic rings. The molecule has 0 aliphatic heterocycles. The molecule has 2 bridgehead atoms. The molecule has 7 nitrogen and oxygen atoms in total. The van der Waals surface area contributed by atoms with Crippen molar-refractivity contribution >= 4 is 17.8 Å². The van der Waals surface area contributed by atoms with Crippen LogP contribution < -0.4 is 16.4 Å². The minimum atomic E-state index is -5.08. The summed E-state index contributed by atoms with van der Waals surface area (Å²) in [5.41, 5.74) is 6.88. The van der Waals surface area contributed by atoms with E-state index in [-0.39, 0.29) is 17.9 Å². The van der Waals surface area contributed by atoms with E-state index in [1.165, 1.54) is 24.8 Å². The first-order valence-electron chi connectivity index (χ1n) is 11.3. The number of carbonyl (C=O) groups excluding carboxylic acids is 2. The lowest BCUT2D eigenvalue weighted by Crippen LogP contribution is -2.43. The minimum Gasteiger partial charge on any atom is -0.475 e. The van der Waals surface area contributed by atoms with Crippen LogP contribution in [-0.4, -0.2) is 47.2 Å². The van der Waals surface area contributed by atoms with Gasteiger partial charge in [-0.05, 0) is 56.4 Å². The first-order chi connectivity index (χ1) is 16.0. The lowest BCUT2D eigenvalue weighted by molar-refractivity contribution is -0.192. The molecule has 2 aliphatic carbocycles. The topological polar surface area (TPSA) is 122 Å². The van der Waals surface area contributed by atoms with Gasteiger partial charge in [0.15, 0.2) is 0 Å². The number of aryl methyl sites for hydroxylation is 1. The molecule has 0 aromatic heterocycles. The number of nitrogens with one attached hydrogen (secondary N) is 2. The highest BCUT2D eigenvalue weighted by molar-refractivity contribution is 5.88. The van der Waals surface area contributed by atoms with E-state index in [0.717, 1.165) is 25.2 Å². The Morgan fingerprint density at radius 3 is 2.32 bits per heavy atom. The number of rotatable bonds is 8. The highest BCUT2D eigenvalue weighted by Crippen LogP contribution is 2.44. The number of hydrogen-bond acceptors (Lipinski definition) is 4. The number of aliphatic carboxylic acids is 1. The third-order valence-electron chi connectivity index (χ3n) is 6.12. The van der Waals surface area contributed by atoms with E-state index in [1.54, 1.807) is 19.1 Å². The smallest absolute Gasteiger partial charge is 0.475 e. The number of carbonyl (C=O) groups is 3. The van der Waals surface area contributed by atoms with Gasteiger partial charge in [0.2, 0.25) is 11.8 Å². The molecule has 0 heterocycles. The second-order valence-electron chi connectivity index (χ2n) is 8.88. The third kappa shape index (κ3) is 9.17. The maximum Gasteiger partial charge on any atom is 0.490 e. The fourth-order valence-electron chi connectivity index (χ4n) is 4.35. The molecule has 0 saturated heterocycles. The Balaban J connectivity index is 0.000000509. The molecule has 10 heteroatoms. The molecular formula is C24H32F3N3O4. The van der Waals surface area contributed by atoms with Crippen LogP contribution in [-0.2, 0) is 20.8 Å². The summed E-state index contributed by atoms with van der Waals surface area (Å²) in [4.78, 5) is 33.2. The Hall–Kier alpha value is -2.88. The Labute approximate surface area is 197 Å². The van der Waals surface area contributed by atoms with Gasteiger partial charge in [0.1, 0.15) is 0 Å². The van der Waals surface area contributed by atoms with E-state index in [2.05, 4.69) is 22.8 Å². The second-order valence-corrected chi connectivity index (χ2v) is 8.88. The summed E-state index contributed by atoms with van der Waals surface area (Å²) in [6, 6.07) is 9.66. The van der Waals surface area contributed by atoms with Gasteiger partial charge < -0.3 is 21.5 Å².